The Morgan fingerprint density at radius 3 is 1.30 bits per heavy atom. The van der Waals surface area contributed by atoms with E-state index in [1.807, 2.05) is 20.8 Å². The Labute approximate surface area is 179 Å². The van der Waals surface area contributed by atoms with Crippen LogP contribution in [0.1, 0.15) is 76.2 Å². The molecule has 0 bridgehead atoms. The molecule has 0 aromatic heterocycles. The highest BCUT2D eigenvalue weighted by atomic mass is 16.6. The van der Waals surface area contributed by atoms with Crippen molar-refractivity contribution in [2.75, 3.05) is 0 Å². The predicted octanol–water partition coefficient (Wildman–Crippen LogP) is 2.80. The van der Waals surface area contributed by atoms with Crippen molar-refractivity contribution in [2.24, 2.45) is 0 Å². The summed E-state index contributed by atoms with van der Waals surface area (Å²) in [6.45, 7) is 19.1. The molecule has 0 radical (unpaired) electrons. The van der Waals surface area contributed by atoms with Crippen LogP contribution in [0, 0.1) is 0 Å². The lowest BCUT2D eigenvalue weighted by atomic mass is 10.1. The fourth-order valence-corrected chi connectivity index (χ4v) is 1.57. The lowest BCUT2D eigenvalue weighted by Crippen LogP contribution is -2.51. The van der Waals surface area contributed by atoms with E-state index in [1.54, 1.807) is 48.5 Å². The zero-order chi connectivity index (χ0) is 24.5. The average molecular weight is 434 g/mol. The van der Waals surface area contributed by atoms with Crippen LogP contribution in [0.5, 0.6) is 0 Å². The lowest BCUT2D eigenvalue weighted by molar-refractivity contribution is -0.139. The van der Waals surface area contributed by atoms with Gasteiger partial charge in [0.25, 0.3) is 0 Å². The van der Waals surface area contributed by atoms with E-state index in [4.69, 9.17) is 14.6 Å². The van der Waals surface area contributed by atoms with Crippen molar-refractivity contribution in [1.82, 2.24) is 16.0 Å². The highest BCUT2D eigenvalue weighted by Crippen LogP contribution is 2.07. The predicted molar refractivity (Wildman–Crippen MR) is 113 cm³/mol. The second-order valence-corrected chi connectivity index (χ2v) is 9.81. The maximum absolute atomic E-state index is 11.7. The Balaban J connectivity index is 0. The van der Waals surface area contributed by atoms with Gasteiger partial charge >= 0.3 is 18.2 Å². The minimum atomic E-state index is -1.09. The van der Waals surface area contributed by atoms with Gasteiger partial charge < -0.3 is 30.5 Å². The summed E-state index contributed by atoms with van der Waals surface area (Å²) in [4.78, 5) is 44.4. The van der Waals surface area contributed by atoms with Crippen LogP contribution in [0.25, 0.3) is 0 Å². The summed E-state index contributed by atoms with van der Waals surface area (Å²) < 4.78 is 9.90. The number of nitrogens with one attached hydrogen (secondary N) is 3. The molecule has 4 N–H and O–H groups in total. The monoisotopic (exact) mass is 433 g/mol. The number of carbonyl (C=O) groups excluding carboxylic acids is 3. The third-order valence-electron chi connectivity index (χ3n) is 2.73. The third kappa shape index (κ3) is 18.8. The summed E-state index contributed by atoms with van der Waals surface area (Å²) in [5.74, 6) is -1.32. The molecule has 2 atom stereocenters. The first-order valence-corrected chi connectivity index (χ1v) is 9.67. The molecule has 0 fully saturated rings. The van der Waals surface area contributed by atoms with Gasteiger partial charge in [0.2, 0.25) is 5.91 Å². The molecule has 0 aliphatic carbocycles. The topological polar surface area (TPSA) is 143 Å². The van der Waals surface area contributed by atoms with E-state index in [0.29, 0.717) is 0 Å². The Morgan fingerprint density at radius 2 is 1.03 bits per heavy atom. The molecular formula is C20H39N3O7. The SMILES string of the molecule is C[C@H](NC(=O)OC(C)(C)C)C(=O)NC(C)(C)C.C[C@H](NC(=O)OC(C)(C)C)C(=O)O. The number of aliphatic carboxylic acids is 1. The molecule has 0 spiro atoms. The van der Waals surface area contributed by atoms with Crippen molar-refractivity contribution in [3.63, 3.8) is 0 Å². The van der Waals surface area contributed by atoms with Gasteiger partial charge in [-0.25, -0.2) is 9.59 Å². The molecule has 0 heterocycles. The summed E-state index contributed by atoms with van der Waals surface area (Å²) in [7, 11) is 0. The van der Waals surface area contributed by atoms with Crippen molar-refractivity contribution in [3.05, 3.63) is 0 Å². The summed E-state index contributed by atoms with van der Waals surface area (Å²) in [6, 6.07) is -1.56. The van der Waals surface area contributed by atoms with Crippen molar-refractivity contribution >= 4 is 24.1 Å². The fourth-order valence-electron chi connectivity index (χ4n) is 1.57. The van der Waals surface area contributed by atoms with Crippen molar-refractivity contribution < 1.29 is 33.8 Å². The van der Waals surface area contributed by atoms with Crippen LogP contribution in [0.3, 0.4) is 0 Å². The zero-order valence-electron chi connectivity index (χ0n) is 20.1. The lowest BCUT2D eigenvalue weighted by Gasteiger charge is -2.25. The first kappa shape index (κ1) is 29.7. The van der Waals surface area contributed by atoms with E-state index in [-0.39, 0.29) is 11.4 Å². The maximum atomic E-state index is 11.7. The summed E-state index contributed by atoms with van der Waals surface area (Å²) >= 11 is 0. The van der Waals surface area contributed by atoms with E-state index in [0.717, 1.165) is 0 Å². The molecule has 0 aromatic carbocycles. The molecule has 0 unspecified atom stereocenters. The first-order valence-electron chi connectivity index (χ1n) is 9.67. The van der Waals surface area contributed by atoms with Gasteiger partial charge in [-0.3, -0.25) is 9.59 Å². The summed E-state index contributed by atoms with van der Waals surface area (Å²) in [6.07, 6.45) is -1.31. The molecule has 30 heavy (non-hydrogen) atoms. The zero-order valence-corrected chi connectivity index (χ0v) is 20.1. The van der Waals surface area contributed by atoms with Gasteiger partial charge in [0, 0.05) is 5.54 Å². The van der Waals surface area contributed by atoms with Crippen LogP contribution in [0.15, 0.2) is 0 Å². The van der Waals surface area contributed by atoms with E-state index < -0.39 is 41.4 Å². The minimum Gasteiger partial charge on any atom is -0.480 e. The molecule has 0 saturated heterocycles. The summed E-state index contributed by atoms with van der Waals surface area (Å²) in [5.41, 5.74) is -1.49. The number of ether oxygens (including phenoxy) is 2. The van der Waals surface area contributed by atoms with Gasteiger partial charge in [-0.05, 0) is 76.2 Å². The Kier molecular flexibility index (Phi) is 11.5. The van der Waals surface area contributed by atoms with E-state index >= 15 is 0 Å². The number of carbonyl (C=O) groups is 4. The molecule has 0 aliphatic heterocycles. The van der Waals surface area contributed by atoms with Gasteiger partial charge in [-0.1, -0.05) is 0 Å². The van der Waals surface area contributed by atoms with Crippen molar-refractivity contribution in [1.29, 1.82) is 0 Å². The van der Waals surface area contributed by atoms with Crippen molar-refractivity contribution in [3.8, 4) is 0 Å². The maximum Gasteiger partial charge on any atom is 0.408 e. The fraction of sp³-hybridized carbons (Fsp3) is 0.800. The molecule has 0 aromatic rings. The van der Waals surface area contributed by atoms with Gasteiger partial charge in [-0.2, -0.15) is 0 Å². The van der Waals surface area contributed by atoms with Crippen LogP contribution in [0.2, 0.25) is 0 Å². The standard InChI is InChI=1S/C12H24N2O3.C8H15NO4/c1-8(9(15)14-11(2,3)4)13-10(16)17-12(5,6)7;1-5(6(10)11)9-7(12)13-8(2,3)4/h8H,1-7H3,(H,13,16)(H,14,15);5H,1-4H3,(H,9,12)(H,10,11)/t8-;5-/m00/s1. The van der Waals surface area contributed by atoms with Crippen LogP contribution < -0.4 is 16.0 Å². The first-order chi connectivity index (χ1) is 13.1. The number of alkyl carbamates (subject to hydrolysis) is 2. The Morgan fingerprint density at radius 1 is 0.700 bits per heavy atom. The van der Waals surface area contributed by atoms with Crippen LogP contribution >= 0.6 is 0 Å². The number of hydrogen-bond donors (Lipinski definition) is 4. The minimum absolute atomic E-state index is 0.233. The number of carboxylic acids is 1. The Bertz CT molecular complexity index is 599. The van der Waals surface area contributed by atoms with Gasteiger partial charge in [0.1, 0.15) is 23.3 Å². The molecule has 3 amide bonds. The van der Waals surface area contributed by atoms with Crippen LogP contribution in [-0.4, -0.2) is 58.0 Å². The number of carboxylic acid groups (broad SMARTS) is 1. The quantitative estimate of drug-likeness (QED) is 0.534. The number of rotatable bonds is 4. The molecular weight excluding hydrogens is 394 g/mol. The van der Waals surface area contributed by atoms with E-state index in [1.165, 1.54) is 6.92 Å². The van der Waals surface area contributed by atoms with E-state index in [2.05, 4.69) is 16.0 Å². The second kappa shape index (κ2) is 11.6. The second-order valence-electron chi connectivity index (χ2n) is 9.81. The molecule has 0 rings (SSSR count). The average Bonchev–Trinajstić information content (AvgIpc) is 2.41. The smallest absolute Gasteiger partial charge is 0.408 e. The van der Waals surface area contributed by atoms with E-state index in [9.17, 15) is 19.2 Å². The normalized spacial score (nSPS) is 13.6. The summed E-state index contributed by atoms with van der Waals surface area (Å²) in [5, 5.41) is 15.9. The van der Waals surface area contributed by atoms with Gasteiger partial charge in [0.15, 0.2) is 0 Å². The van der Waals surface area contributed by atoms with Crippen LogP contribution in [-0.2, 0) is 19.1 Å². The Hall–Kier alpha value is -2.52. The molecule has 0 aliphatic rings. The van der Waals surface area contributed by atoms with Gasteiger partial charge in [0.05, 0.1) is 0 Å². The van der Waals surface area contributed by atoms with Crippen LogP contribution in [0.4, 0.5) is 9.59 Å². The highest BCUT2D eigenvalue weighted by molar-refractivity contribution is 5.85. The van der Waals surface area contributed by atoms with Gasteiger partial charge in [-0.15, -0.1) is 0 Å². The third-order valence-corrected chi connectivity index (χ3v) is 2.73. The highest BCUT2D eigenvalue weighted by Gasteiger charge is 2.23. The van der Waals surface area contributed by atoms with Crippen molar-refractivity contribution in [2.45, 2.75) is 105 Å². The largest absolute Gasteiger partial charge is 0.480 e. The molecule has 10 heteroatoms. The molecule has 0 saturated carbocycles. The number of hydrogen-bond acceptors (Lipinski definition) is 6. The molecule has 10 nitrogen and oxygen atoms in total. The molecule has 176 valence electrons. The number of amides is 3.